The molecule has 2 aromatic rings. The summed E-state index contributed by atoms with van der Waals surface area (Å²) in [6.07, 6.45) is 1.34. The molecule has 2 rings (SSSR count). The Morgan fingerprint density at radius 1 is 1.30 bits per heavy atom. The highest BCUT2D eigenvalue weighted by atomic mass is 32.2. The molecule has 1 aromatic carbocycles. The number of nitrogens with two attached hydrogens (primary N) is 1. The smallest absolute Gasteiger partial charge is 0.258 e. The van der Waals surface area contributed by atoms with Crippen molar-refractivity contribution in [2.75, 3.05) is 15.8 Å². The Bertz CT molecular complexity index is 812. The zero-order valence-corrected chi connectivity index (χ0v) is 13.7. The summed E-state index contributed by atoms with van der Waals surface area (Å²) >= 11 is 0. The number of nitrogens with one attached hydrogen (secondary N) is 2. The fourth-order valence-electron chi connectivity index (χ4n) is 1.91. The van der Waals surface area contributed by atoms with E-state index in [2.05, 4.69) is 10.0 Å². The number of anilines is 2. The maximum atomic E-state index is 12.1. The number of benzene rings is 1. The molecular weight excluding hydrogens is 318 g/mol. The fourth-order valence-corrected chi connectivity index (χ4v) is 2.61. The van der Waals surface area contributed by atoms with Crippen LogP contribution in [0.15, 0.2) is 34.9 Å². The maximum absolute atomic E-state index is 12.1. The fraction of sp³-hybridized carbons (Fsp3) is 0.267. The van der Waals surface area contributed by atoms with Gasteiger partial charge in [-0.3, -0.25) is 9.52 Å². The van der Waals surface area contributed by atoms with Crippen LogP contribution in [0.3, 0.4) is 0 Å². The molecule has 7 nitrogen and oxygen atoms in total. The first kappa shape index (κ1) is 17.0. The highest BCUT2D eigenvalue weighted by molar-refractivity contribution is 7.92. The van der Waals surface area contributed by atoms with E-state index >= 15 is 0 Å². The quantitative estimate of drug-likeness (QED) is 0.746. The Morgan fingerprint density at radius 2 is 2.04 bits per heavy atom. The van der Waals surface area contributed by atoms with E-state index in [9.17, 15) is 13.2 Å². The lowest BCUT2D eigenvalue weighted by atomic mass is 10.2. The monoisotopic (exact) mass is 337 g/mol. The van der Waals surface area contributed by atoms with Crippen molar-refractivity contribution in [2.45, 2.75) is 20.4 Å². The molecule has 0 saturated carbocycles. The Hall–Kier alpha value is -2.32. The van der Waals surface area contributed by atoms with Crippen molar-refractivity contribution in [1.29, 1.82) is 0 Å². The van der Waals surface area contributed by atoms with Crippen LogP contribution in [0.2, 0.25) is 0 Å². The molecule has 0 radical (unpaired) electrons. The normalized spacial score (nSPS) is 11.3. The van der Waals surface area contributed by atoms with E-state index in [0.29, 0.717) is 28.3 Å². The van der Waals surface area contributed by atoms with Crippen LogP contribution in [0.5, 0.6) is 0 Å². The largest absolute Gasteiger partial charge is 0.467 e. The van der Waals surface area contributed by atoms with E-state index < -0.39 is 10.0 Å². The molecule has 8 heteroatoms. The first-order chi connectivity index (χ1) is 10.8. The molecule has 0 bridgehead atoms. The minimum atomic E-state index is -3.34. The molecule has 1 aromatic heterocycles. The van der Waals surface area contributed by atoms with Gasteiger partial charge in [-0.25, -0.2) is 8.42 Å². The number of carbonyl (C=O) groups excluding carboxylic acids is 1. The van der Waals surface area contributed by atoms with Gasteiger partial charge >= 0.3 is 0 Å². The van der Waals surface area contributed by atoms with Gasteiger partial charge in [-0.1, -0.05) is 0 Å². The van der Waals surface area contributed by atoms with Crippen molar-refractivity contribution in [3.8, 4) is 0 Å². The SMILES string of the molecule is CCS(=O)(=O)Nc1ccc(NC(=O)c2coc(CN)c2)cc1C. The van der Waals surface area contributed by atoms with Crippen molar-refractivity contribution in [3.63, 3.8) is 0 Å². The number of furan rings is 1. The lowest BCUT2D eigenvalue weighted by Crippen LogP contribution is -2.16. The number of carbonyl (C=O) groups is 1. The molecule has 124 valence electrons. The van der Waals surface area contributed by atoms with Crippen molar-refractivity contribution < 1.29 is 17.6 Å². The van der Waals surface area contributed by atoms with Crippen LogP contribution in [0, 0.1) is 6.92 Å². The molecule has 0 fully saturated rings. The van der Waals surface area contributed by atoms with E-state index in [1.54, 1.807) is 38.1 Å². The highest BCUT2D eigenvalue weighted by Gasteiger charge is 2.12. The average Bonchev–Trinajstić information content (AvgIpc) is 2.99. The Labute approximate surface area is 134 Å². The topological polar surface area (TPSA) is 114 Å². The van der Waals surface area contributed by atoms with Crippen LogP contribution in [-0.2, 0) is 16.6 Å². The molecule has 4 N–H and O–H groups in total. The predicted octanol–water partition coefficient (Wildman–Crippen LogP) is 2.06. The third kappa shape index (κ3) is 4.33. The van der Waals surface area contributed by atoms with Crippen LogP contribution < -0.4 is 15.8 Å². The molecule has 0 aliphatic carbocycles. The zero-order valence-electron chi connectivity index (χ0n) is 12.9. The van der Waals surface area contributed by atoms with Gasteiger partial charge in [0.25, 0.3) is 5.91 Å². The summed E-state index contributed by atoms with van der Waals surface area (Å²) < 4.78 is 30.8. The molecule has 1 heterocycles. The van der Waals surface area contributed by atoms with Crippen LogP contribution >= 0.6 is 0 Å². The molecule has 0 saturated heterocycles. The number of hydrogen-bond acceptors (Lipinski definition) is 5. The number of hydrogen-bond donors (Lipinski definition) is 3. The predicted molar refractivity (Wildman–Crippen MR) is 88.8 cm³/mol. The lowest BCUT2D eigenvalue weighted by molar-refractivity contribution is 0.102. The number of aryl methyl sites for hydroxylation is 1. The van der Waals surface area contributed by atoms with Crippen LogP contribution in [0.25, 0.3) is 0 Å². The Kier molecular flexibility index (Phi) is 5.07. The van der Waals surface area contributed by atoms with Crippen molar-refractivity contribution in [3.05, 3.63) is 47.4 Å². The maximum Gasteiger partial charge on any atom is 0.258 e. The van der Waals surface area contributed by atoms with E-state index in [1.807, 2.05) is 0 Å². The van der Waals surface area contributed by atoms with Gasteiger partial charge in [0.2, 0.25) is 10.0 Å². The van der Waals surface area contributed by atoms with E-state index in [0.717, 1.165) is 0 Å². The molecule has 1 amide bonds. The molecule has 0 aliphatic heterocycles. The summed E-state index contributed by atoms with van der Waals surface area (Å²) in [6, 6.07) is 6.50. The Morgan fingerprint density at radius 3 is 2.61 bits per heavy atom. The second-order valence-electron chi connectivity index (χ2n) is 5.00. The van der Waals surface area contributed by atoms with Crippen molar-refractivity contribution in [1.82, 2.24) is 0 Å². The van der Waals surface area contributed by atoms with Gasteiger partial charge in [0.05, 0.1) is 23.5 Å². The summed E-state index contributed by atoms with van der Waals surface area (Å²) in [5.41, 5.74) is 7.55. The van der Waals surface area contributed by atoms with E-state index in [4.69, 9.17) is 10.2 Å². The minimum absolute atomic E-state index is 0.00507. The van der Waals surface area contributed by atoms with Gasteiger partial charge in [-0.05, 0) is 43.7 Å². The molecule has 0 spiro atoms. The van der Waals surface area contributed by atoms with Gasteiger partial charge in [-0.15, -0.1) is 0 Å². The second kappa shape index (κ2) is 6.84. The summed E-state index contributed by atoms with van der Waals surface area (Å²) in [5, 5.41) is 2.72. The third-order valence-corrected chi connectivity index (χ3v) is 4.54. The minimum Gasteiger partial charge on any atom is -0.467 e. The summed E-state index contributed by atoms with van der Waals surface area (Å²) in [5.74, 6) is 0.194. The molecular formula is C15H19N3O4S. The summed E-state index contributed by atoms with van der Waals surface area (Å²) in [6.45, 7) is 3.54. The molecule has 0 atom stereocenters. The standard InChI is InChI=1S/C15H19N3O4S/c1-3-23(20,21)18-14-5-4-12(6-10(14)2)17-15(19)11-7-13(8-16)22-9-11/h4-7,9,18H,3,8,16H2,1-2H3,(H,17,19). The first-order valence-electron chi connectivity index (χ1n) is 7.04. The van der Waals surface area contributed by atoms with Gasteiger partial charge in [0.15, 0.2) is 0 Å². The second-order valence-corrected chi connectivity index (χ2v) is 7.01. The van der Waals surface area contributed by atoms with Crippen molar-refractivity contribution >= 4 is 27.3 Å². The summed E-state index contributed by atoms with van der Waals surface area (Å²) in [7, 11) is -3.34. The molecule has 23 heavy (non-hydrogen) atoms. The highest BCUT2D eigenvalue weighted by Crippen LogP contribution is 2.21. The average molecular weight is 337 g/mol. The first-order valence-corrected chi connectivity index (χ1v) is 8.70. The number of rotatable bonds is 6. The van der Waals surface area contributed by atoms with Gasteiger partial charge in [0.1, 0.15) is 12.0 Å². The van der Waals surface area contributed by atoms with Crippen molar-refractivity contribution in [2.24, 2.45) is 5.73 Å². The Balaban J connectivity index is 2.12. The molecule has 0 aliphatic rings. The number of sulfonamides is 1. The van der Waals surface area contributed by atoms with Gasteiger partial charge in [0, 0.05) is 5.69 Å². The van der Waals surface area contributed by atoms with E-state index in [-0.39, 0.29) is 18.2 Å². The van der Waals surface area contributed by atoms with Crippen LogP contribution in [0.1, 0.15) is 28.6 Å². The lowest BCUT2D eigenvalue weighted by Gasteiger charge is -2.11. The van der Waals surface area contributed by atoms with Gasteiger partial charge in [-0.2, -0.15) is 0 Å². The third-order valence-electron chi connectivity index (χ3n) is 3.25. The molecule has 0 unspecified atom stereocenters. The number of amides is 1. The van der Waals surface area contributed by atoms with Crippen LogP contribution in [-0.4, -0.2) is 20.1 Å². The van der Waals surface area contributed by atoms with Crippen LogP contribution in [0.4, 0.5) is 11.4 Å². The summed E-state index contributed by atoms with van der Waals surface area (Å²) in [4.78, 5) is 12.1. The van der Waals surface area contributed by atoms with E-state index in [1.165, 1.54) is 6.26 Å². The zero-order chi connectivity index (χ0) is 17.0. The van der Waals surface area contributed by atoms with Gasteiger partial charge < -0.3 is 15.5 Å².